The maximum Gasteiger partial charge on any atom is 0.190 e. The van der Waals surface area contributed by atoms with Gasteiger partial charge in [-0.05, 0) is 38.1 Å². The first kappa shape index (κ1) is 19.4. The summed E-state index contributed by atoms with van der Waals surface area (Å²) in [4.78, 5) is 17.6. The van der Waals surface area contributed by atoms with Crippen LogP contribution in [0.15, 0.2) is 75.6 Å². The molecule has 1 atom stereocenters. The van der Waals surface area contributed by atoms with E-state index < -0.39 is 20.9 Å². The van der Waals surface area contributed by atoms with Gasteiger partial charge in [0.25, 0.3) is 0 Å². The van der Waals surface area contributed by atoms with Crippen LogP contribution in [0.3, 0.4) is 0 Å². The van der Waals surface area contributed by atoms with Crippen molar-refractivity contribution in [3.05, 3.63) is 93.9 Å². The summed E-state index contributed by atoms with van der Waals surface area (Å²) in [5, 5.41) is -0.392. The zero-order chi connectivity index (χ0) is 21.8. The van der Waals surface area contributed by atoms with Gasteiger partial charge in [-0.25, -0.2) is 17.8 Å². The quantitative estimate of drug-likeness (QED) is 0.636. The highest BCUT2D eigenvalue weighted by atomic mass is 32.2. The molecule has 0 spiro atoms. The van der Waals surface area contributed by atoms with Crippen LogP contribution in [-0.2, 0) is 9.84 Å². The number of fused-ring (bicyclic) bond motifs is 2. The third kappa shape index (κ3) is 3.02. The van der Waals surface area contributed by atoms with Crippen LogP contribution in [0.4, 0.5) is 4.39 Å². The number of nitrogens with zero attached hydrogens (tertiary/aromatic N) is 4. The van der Waals surface area contributed by atoms with Crippen molar-refractivity contribution in [1.82, 2.24) is 9.97 Å². The number of pyridine rings is 2. The fraction of sp³-hybridized carbons (Fsp3) is 0.130. The second-order valence-electron chi connectivity index (χ2n) is 7.45. The van der Waals surface area contributed by atoms with Gasteiger partial charge in [-0.3, -0.25) is 15.0 Å². The molecule has 0 saturated carbocycles. The molecule has 1 aromatic carbocycles. The standard InChI is InChI=1S/C23H17FN4O2S/c1-13-5-7-16(8-6-13)31(29,30)18-12-27-21(15-4-3-9-25-10-15)23-19(18)22-20(28-23)14(2)17(24)11-26-22/h3-12,18H,1-2H3. The van der Waals surface area contributed by atoms with E-state index in [0.29, 0.717) is 38.8 Å². The minimum absolute atomic E-state index is 0.179. The van der Waals surface area contributed by atoms with E-state index in [1.165, 1.54) is 6.21 Å². The van der Waals surface area contributed by atoms with Crippen LogP contribution in [0.25, 0.3) is 11.3 Å². The zero-order valence-corrected chi connectivity index (χ0v) is 17.6. The van der Waals surface area contributed by atoms with E-state index in [9.17, 15) is 12.8 Å². The Hall–Kier alpha value is -3.52. The second kappa shape index (κ2) is 7.02. The van der Waals surface area contributed by atoms with Crippen LogP contribution in [0.2, 0.25) is 0 Å². The van der Waals surface area contributed by atoms with Crippen molar-refractivity contribution in [2.75, 3.05) is 0 Å². The zero-order valence-electron chi connectivity index (χ0n) is 16.7. The summed E-state index contributed by atoms with van der Waals surface area (Å²) in [5.41, 5.74) is 3.23. The van der Waals surface area contributed by atoms with E-state index in [2.05, 4.69) is 20.0 Å². The van der Waals surface area contributed by atoms with Gasteiger partial charge in [-0.15, -0.1) is 0 Å². The first-order chi connectivity index (χ1) is 14.9. The minimum Gasteiger partial charge on any atom is -0.264 e. The smallest absolute Gasteiger partial charge is 0.190 e. The lowest BCUT2D eigenvalue weighted by atomic mass is 10.0. The van der Waals surface area contributed by atoms with Gasteiger partial charge < -0.3 is 0 Å². The van der Waals surface area contributed by atoms with Gasteiger partial charge in [0.15, 0.2) is 9.84 Å². The molecule has 0 aliphatic carbocycles. The van der Waals surface area contributed by atoms with Crippen LogP contribution < -0.4 is 10.7 Å². The summed E-state index contributed by atoms with van der Waals surface area (Å²) < 4.78 is 41.3. The summed E-state index contributed by atoms with van der Waals surface area (Å²) in [6, 6.07) is 10.2. The molecular formula is C23H17FN4O2S. The molecular weight excluding hydrogens is 415 g/mol. The van der Waals surface area contributed by atoms with E-state index in [4.69, 9.17) is 0 Å². The molecule has 6 nitrogen and oxygen atoms in total. The first-order valence-corrected chi connectivity index (χ1v) is 11.2. The highest BCUT2D eigenvalue weighted by molar-refractivity contribution is 7.93. The molecule has 5 rings (SSSR count). The Morgan fingerprint density at radius 3 is 2.48 bits per heavy atom. The van der Waals surface area contributed by atoms with E-state index >= 15 is 0 Å². The largest absolute Gasteiger partial charge is 0.264 e. The highest BCUT2D eigenvalue weighted by Crippen LogP contribution is 2.36. The SMILES string of the molecule is Cc1ccc(S(=O)(=O)C2C=NC(c3cccnc3)=C3N=c4c(C)c(F)cnc4=C32)cc1. The number of aryl methyl sites for hydroxylation is 1. The Bertz CT molecular complexity index is 1510. The molecule has 1 unspecified atom stereocenters. The lowest BCUT2D eigenvalue weighted by Gasteiger charge is -2.21. The summed E-state index contributed by atoms with van der Waals surface area (Å²) in [6.07, 6.45) is 5.77. The number of aliphatic imine (C=N–C) groups is 1. The minimum atomic E-state index is -3.83. The molecule has 0 N–H and O–H groups in total. The van der Waals surface area contributed by atoms with Gasteiger partial charge >= 0.3 is 0 Å². The number of halogens is 1. The Balaban J connectivity index is 1.81. The average Bonchev–Trinajstić information content (AvgIpc) is 3.17. The van der Waals surface area contributed by atoms with Gasteiger partial charge in [0, 0.05) is 35.3 Å². The number of aromatic nitrogens is 2. The van der Waals surface area contributed by atoms with Gasteiger partial charge in [0.1, 0.15) is 11.1 Å². The van der Waals surface area contributed by atoms with Gasteiger partial charge in [0.05, 0.1) is 33.2 Å². The van der Waals surface area contributed by atoms with E-state index in [0.717, 1.165) is 11.8 Å². The van der Waals surface area contributed by atoms with Gasteiger partial charge in [0.2, 0.25) is 0 Å². The monoisotopic (exact) mass is 432 g/mol. The molecule has 0 fully saturated rings. The van der Waals surface area contributed by atoms with Gasteiger partial charge in [-0.2, -0.15) is 0 Å². The maximum atomic E-state index is 14.2. The first-order valence-electron chi connectivity index (χ1n) is 9.62. The van der Waals surface area contributed by atoms with Crippen LogP contribution in [0.5, 0.6) is 0 Å². The Morgan fingerprint density at radius 2 is 1.77 bits per heavy atom. The Morgan fingerprint density at radius 1 is 1.00 bits per heavy atom. The van der Waals surface area contributed by atoms with Crippen molar-refractivity contribution in [2.45, 2.75) is 24.0 Å². The third-order valence-electron chi connectivity index (χ3n) is 5.45. The second-order valence-corrected chi connectivity index (χ2v) is 9.52. The number of hydrogen-bond donors (Lipinski definition) is 0. The molecule has 2 aliphatic rings. The molecule has 154 valence electrons. The van der Waals surface area contributed by atoms with Crippen molar-refractivity contribution < 1.29 is 12.8 Å². The molecule has 0 saturated heterocycles. The fourth-order valence-corrected chi connectivity index (χ4v) is 5.30. The summed E-state index contributed by atoms with van der Waals surface area (Å²) >= 11 is 0. The topological polar surface area (TPSA) is 84.6 Å². The van der Waals surface area contributed by atoms with Crippen molar-refractivity contribution in [3.8, 4) is 0 Å². The molecule has 3 aromatic rings. The molecule has 31 heavy (non-hydrogen) atoms. The Labute approximate surface area is 178 Å². The molecule has 0 radical (unpaired) electrons. The van der Waals surface area contributed by atoms with Crippen LogP contribution in [-0.4, -0.2) is 29.9 Å². The number of allylic oxidation sites excluding steroid dienone is 1. The summed E-state index contributed by atoms with van der Waals surface area (Å²) in [7, 11) is -3.83. The van der Waals surface area contributed by atoms with Crippen LogP contribution in [0.1, 0.15) is 16.7 Å². The van der Waals surface area contributed by atoms with Gasteiger partial charge in [-0.1, -0.05) is 17.7 Å². The summed E-state index contributed by atoms with van der Waals surface area (Å²) in [6.45, 7) is 3.49. The molecule has 2 aliphatic heterocycles. The predicted octanol–water partition coefficient (Wildman–Crippen LogP) is 2.31. The number of benzene rings is 1. The molecule has 2 aromatic heterocycles. The van der Waals surface area contributed by atoms with Crippen LogP contribution >= 0.6 is 0 Å². The number of rotatable bonds is 3. The molecule has 0 bridgehead atoms. The number of sulfone groups is 1. The Kier molecular flexibility index (Phi) is 4.40. The molecule has 4 heterocycles. The normalized spacial score (nSPS) is 17.4. The lowest BCUT2D eigenvalue weighted by molar-refractivity contribution is 0.596. The lowest BCUT2D eigenvalue weighted by Crippen LogP contribution is -2.36. The van der Waals surface area contributed by atoms with Crippen molar-refractivity contribution >= 4 is 27.3 Å². The highest BCUT2D eigenvalue weighted by Gasteiger charge is 2.38. The van der Waals surface area contributed by atoms with E-state index in [-0.39, 0.29) is 4.90 Å². The van der Waals surface area contributed by atoms with Crippen molar-refractivity contribution in [3.63, 3.8) is 0 Å². The molecule has 8 heteroatoms. The van der Waals surface area contributed by atoms with Crippen LogP contribution in [0, 0.1) is 19.7 Å². The predicted molar refractivity (Wildman–Crippen MR) is 115 cm³/mol. The molecule has 0 amide bonds. The van der Waals surface area contributed by atoms with Crippen molar-refractivity contribution in [2.24, 2.45) is 9.98 Å². The van der Waals surface area contributed by atoms with Crippen molar-refractivity contribution in [1.29, 1.82) is 0 Å². The third-order valence-corrected chi connectivity index (χ3v) is 7.40. The number of hydrogen-bond acceptors (Lipinski definition) is 6. The van der Waals surface area contributed by atoms with E-state index in [1.54, 1.807) is 49.6 Å². The maximum absolute atomic E-state index is 14.2. The average molecular weight is 432 g/mol. The van der Waals surface area contributed by atoms with E-state index in [1.807, 2.05) is 13.0 Å². The fourth-order valence-electron chi connectivity index (χ4n) is 3.74. The summed E-state index contributed by atoms with van der Waals surface area (Å²) in [5.74, 6) is -0.496.